The van der Waals surface area contributed by atoms with Crippen LogP contribution in [0.2, 0.25) is 5.02 Å². The van der Waals surface area contributed by atoms with Crippen molar-refractivity contribution < 1.29 is 4.74 Å². The van der Waals surface area contributed by atoms with Crippen LogP contribution in [-0.4, -0.2) is 9.78 Å². The molecule has 0 spiro atoms. The average molecular weight is 459 g/mol. The van der Waals surface area contributed by atoms with Crippen LogP contribution in [-0.2, 0) is 24.2 Å². The van der Waals surface area contributed by atoms with E-state index in [1.165, 1.54) is 61.9 Å². The van der Waals surface area contributed by atoms with Crippen molar-refractivity contribution in [3.8, 4) is 18.0 Å². The van der Waals surface area contributed by atoms with Gasteiger partial charge >= 0.3 is 0 Å². The number of aryl methyl sites for hydroxylation is 1. The molecule has 0 bridgehead atoms. The van der Waals surface area contributed by atoms with Crippen LogP contribution in [0.5, 0.6) is 0 Å². The zero-order chi connectivity index (χ0) is 22.6. The van der Waals surface area contributed by atoms with Crippen LogP contribution in [0, 0.1) is 18.3 Å². The molecule has 170 valence electrons. The van der Waals surface area contributed by atoms with Crippen molar-refractivity contribution in [1.82, 2.24) is 9.78 Å². The van der Waals surface area contributed by atoms with Gasteiger partial charge in [-0.1, -0.05) is 48.9 Å². The largest absolute Gasteiger partial charge is 0.367 e. The van der Waals surface area contributed by atoms with Gasteiger partial charge in [0.15, 0.2) is 0 Å². The Kier molecular flexibility index (Phi) is 6.85. The molecule has 4 heteroatoms. The number of hydrogen-bond donors (Lipinski definition) is 0. The lowest BCUT2D eigenvalue weighted by Gasteiger charge is -2.32. The van der Waals surface area contributed by atoms with Crippen LogP contribution >= 0.6 is 11.6 Å². The van der Waals surface area contributed by atoms with Crippen LogP contribution in [0.25, 0.3) is 5.69 Å². The summed E-state index contributed by atoms with van der Waals surface area (Å²) in [6.45, 7) is 0.576. The minimum Gasteiger partial charge on any atom is -0.367 e. The first-order valence-corrected chi connectivity index (χ1v) is 12.6. The van der Waals surface area contributed by atoms with Gasteiger partial charge in [-0.05, 0) is 92.0 Å². The number of aromatic nitrogens is 2. The molecule has 1 aromatic heterocycles. The second-order valence-electron chi connectivity index (χ2n) is 9.38. The van der Waals surface area contributed by atoms with Gasteiger partial charge in [0.05, 0.1) is 23.7 Å². The minimum atomic E-state index is 0.0302. The van der Waals surface area contributed by atoms with Gasteiger partial charge in [-0.3, -0.25) is 0 Å². The van der Waals surface area contributed by atoms with Gasteiger partial charge in [-0.2, -0.15) is 5.10 Å². The molecule has 1 saturated carbocycles. The van der Waals surface area contributed by atoms with Crippen molar-refractivity contribution in [2.45, 2.75) is 70.5 Å². The number of terminal acetylenes is 1. The molecule has 3 nitrogen and oxygen atoms in total. The van der Waals surface area contributed by atoms with E-state index in [2.05, 4.69) is 34.9 Å². The van der Waals surface area contributed by atoms with Crippen LogP contribution in [0.3, 0.4) is 0 Å². The maximum Gasteiger partial charge on any atom is 0.103 e. The molecule has 0 radical (unpaired) electrons. The van der Waals surface area contributed by atoms with E-state index in [4.69, 9.17) is 27.9 Å². The fourth-order valence-electron chi connectivity index (χ4n) is 5.41. The smallest absolute Gasteiger partial charge is 0.103 e. The SMILES string of the molecule is C#Cc1ccc(COC(c2c3c(nn2-c2ccc(Cl)cc2)CCCC3)C2CCCCC2)cc1. The highest BCUT2D eigenvalue weighted by Crippen LogP contribution is 2.41. The maximum absolute atomic E-state index is 6.80. The van der Waals surface area contributed by atoms with Crippen molar-refractivity contribution in [2.75, 3.05) is 0 Å². The molecule has 5 rings (SSSR count). The normalized spacial score (nSPS) is 17.3. The summed E-state index contributed by atoms with van der Waals surface area (Å²) in [6.07, 6.45) is 16.4. The first-order chi connectivity index (χ1) is 16.2. The van der Waals surface area contributed by atoms with Gasteiger partial charge in [0.1, 0.15) is 6.10 Å². The first-order valence-electron chi connectivity index (χ1n) is 12.3. The van der Waals surface area contributed by atoms with Crippen LogP contribution in [0.4, 0.5) is 0 Å². The lowest BCUT2D eigenvalue weighted by molar-refractivity contribution is -0.0169. The highest BCUT2D eigenvalue weighted by molar-refractivity contribution is 6.30. The van der Waals surface area contributed by atoms with E-state index >= 15 is 0 Å². The van der Waals surface area contributed by atoms with Crippen LogP contribution in [0.15, 0.2) is 48.5 Å². The van der Waals surface area contributed by atoms with E-state index in [-0.39, 0.29) is 6.10 Å². The Bertz CT molecular complexity index is 1120. The van der Waals surface area contributed by atoms with E-state index in [9.17, 15) is 0 Å². The standard InChI is InChI=1S/C29H31ClN2O/c1-2-21-12-14-22(15-13-21)20-33-29(23-8-4-3-5-9-23)28-26-10-6-7-11-27(26)31-32(28)25-18-16-24(30)17-19-25/h1,12-19,23,29H,3-11,20H2. The third kappa shape index (κ3) is 4.88. The van der Waals surface area contributed by atoms with E-state index in [0.29, 0.717) is 12.5 Å². The fourth-order valence-corrected chi connectivity index (χ4v) is 5.53. The Morgan fingerprint density at radius 1 is 0.970 bits per heavy atom. The number of rotatable bonds is 6. The summed E-state index contributed by atoms with van der Waals surface area (Å²) in [7, 11) is 0. The molecular weight excluding hydrogens is 428 g/mol. The predicted octanol–water partition coefficient (Wildman–Crippen LogP) is 7.22. The Morgan fingerprint density at radius 3 is 2.42 bits per heavy atom. The summed E-state index contributed by atoms with van der Waals surface area (Å²) in [5, 5.41) is 5.86. The monoisotopic (exact) mass is 458 g/mol. The lowest BCUT2D eigenvalue weighted by Crippen LogP contribution is -2.23. The average Bonchev–Trinajstić information content (AvgIpc) is 3.25. The zero-order valence-electron chi connectivity index (χ0n) is 19.1. The second kappa shape index (κ2) is 10.2. The number of halogens is 1. The topological polar surface area (TPSA) is 27.1 Å². The molecule has 2 aliphatic rings. The Morgan fingerprint density at radius 2 is 1.70 bits per heavy atom. The summed E-state index contributed by atoms with van der Waals surface area (Å²) in [5.41, 5.74) is 7.04. The van der Waals surface area contributed by atoms with Crippen molar-refractivity contribution in [1.29, 1.82) is 0 Å². The fraction of sp³-hybridized carbons (Fsp3) is 0.414. The Labute approximate surface area is 202 Å². The molecule has 0 N–H and O–H groups in total. The molecule has 0 amide bonds. The molecule has 1 unspecified atom stereocenters. The molecule has 0 aliphatic heterocycles. The number of hydrogen-bond acceptors (Lipinski definition) is 2. The second-order valence-corrected chi connectivity index (χ2v) is 9.81. The molecule has 1 heterocycles. The number of fused-ring (bicyclic) bond motifs is 1. The van der Waals surface area contributed by atoms with Gasteiger partial charge in [-0.25, -0.2) is 4.68 Å². The summed E-state index contributed by atoms with van der Waals surface area (Å²) >= 11 is 6.20. The van der Waals surface area contributed by atoms with E-state index in [1.54, 1.807) is 0 Å². The van der Waals surface area contributed by atoms with Gasteiger partial charge in [0.25, 0.3) is 0 Å². The van der Waals surface area contributed by atoms with Crippen LogP contribution in [0.1, 0.15) is 79.1 Å². The molecule has 1 atom stereocenters. The quantitative estimate of drug-likeness (QED) is 0.364. The maximum atomic E-state index is 6.80. The number of ether oxygens (including phenoxy) is 1. The zero-order valence-corrected chi connectivity index (χ0v) is 19.9. The van der Waals surface area contributed by atoms with Crippen molar-refractivity contribution in [3.63, 3.8) is 0 Å². The van der Waals surface area contributed by atoms with Gasteiger partial charge in [0.2, 0.25) is 0 Å². The van der Waals surface area contributed by atoms with Gasteiger partial charge in [-0.15, -0.1) is 6.42 Å². The third-order valence-electron chi connectivity index (χ3n) is 7.17. The van der Waals surface area contributed by atoms with Crippen molar-refractivity contribution >= 4 is 11.6 Å². The molecular formula is C29H31ClN2O. The number of benzene rings is 2. The molecule has 33 heavy (non-hydrogen) atoms. The number of nitrogens with zero attached hydrogens (tertiary/aromatic N) is 2. The summed E-state index contributed by atoms with van der Waals surface area (Å²) in [4.78, 5) is 0. The lowest BCUT2D eigenvalue weighted by atomic mass is 9.82. The molecule has 3 aromatic rings. The Hall–Kier alpha value is -2.54. The summed E-state index contributed by atoms with van der Waals surface area (Å²) in [6, 6.07) is 16.2. The highest BCUT2D eigenvalue weighted by Gasteiger charge is 2.33. The summed E-state index contributed by atoms with van der Waals surface area (Å²) < 4.78 is 8.96. The van der Waals surface area contributed by atoms with E-state index in [1.807, 2.05) is 24.3 Å². The first kappa shape index (κ1) is 22.3. The molecule has 1 fully saturated rings. The minimum absolute atomic E-state index is 0.0302. The molecule has 2 aliphatic carbocycles. The van der Waals surface area contributed by atoms with E-state index < -0.39 is 0 Å². The Balaban J connectivity index is 1.53. The highest BCUT2D eigenvalue weighted by atomic mass is 35.5. The third-order valence-corrected chi connectivity index (χ3v) is 7.42. The molecule has 2 aromatic carbocycles. The molecule has 0 saturated heterocycles. The van der Waals surface area contributed by atoms with Gasteiger partial charge < -0.3 is 4.74 Å². The van der Waals surface area contributed by atoms with Crippen LogP contribution < -0.4 is 0 Å². The predicted molar refractivity (Wildman–Crippen MR) is 134 cm³/mol. The van der Waals surface area contributed by atoms with Crippen molar-refractivity contribution in [3.05, 3.63) is 81.6 Å². The summed E-state index contributed by atoms with van der Waals surface area (Å²) in [5.74, 6) is 3.21. The van der Waals surface area contributed by atoms with Crippen molar-refractivity contribution in [2.24, 2.45) is 5.92 Å². The van der Waals surface area contributed by atoms with Gasteiger partial charge in [0, 0.05) is 10.6 Å². The van der Waals surface area contributed by atoms with E-state index in [0.717, 1.165) is 34.7 Å².